The summed E-state index contributed by atoms with van der Waals surface area (Å²) in [5.41, 5.74) is 4.86. The molecule has 0 radical (unpaired) electrons. The second kappa shape index (κ2) is 8.57. The maximum atomic E-state index is 10.8. The highest BCUT2D eigenvalue weighted by Crippen LogP contribution is 2.24. The van der Waals surface area contributed by atoms with Crippen molar-refractivity contribution in [2.24, 2.45) is 11.1 Å². The maximum absolute atomic E-state index is 10.8. The Bertz CT molecular complexity index is 190. The van der Waals surface area contributed by atoms with Crippen LogP contribution < -0.4 is 5.73 Å². The van der Waals surface area contributed by atoms with Crippen LogP contribution in [0.15, 0.2) is 0 Å². The molecule has 0 aromatic heterocycles. The Labute approximate surface area is 99.4 Å². The third kappa shape index (κ3) is 7.69. The van der Waals surface area contributed by atoms with Crippen molar-refractivity contribution in [2.75, 3.05) is 6.54 Å². The molecule has 0 amide bonds. The fourth-order valence-corrected chi connectivity index (χ4v) is 1.70. The van der Waals surface area contributed by atoms with Gasteiger partial charge in [0.05, 0.1) is 5.41 Å². The Morgan fingerprint density at radius 1 is 1.00 bits per heavy atom. The van der Waals surface area contributed by atoms with Crippen LogP contribution in [0.3, 0.4) is 0 Å². The average Bonchev–Trinajstić information content (AvgIpc) is 2.21. The zero-order valence-corrected chi connectivity index (χ0v) is 10.8. The quantitative estimate of drug-likeness (QED) is 0.565. The van der Waals surface area contributed by atoms with Gasteiger partial charge in [-0.05, 0) is 33.2 Å². The lowest BCUT2D eigenvalue weighted by Gasteiger charge is -2.18. The minimum absolute atomic E-state index is 0.556. The fraction of sp³-hybridized carbons (Fsp3) is 0.923. The van der Waals surface area contributed by atoms with Crippen molar-refractivity contribution in [3.63, 3.8) is 0 Å². The van der Waals surface area contributed by atoms with E-state index in [1.807, 2.05) is 0 Å². The van der Waals surface area contributed by atoms with E-state index < -0.39 is 11.4 Å². The van der Waals surface area contributed by atoms with E-state index >= 15 is 0 Å². The highest BCUT2D eigenvalue weighted by atomic mass is 16.4. The topological polar surface area (TPSA) is 63.3 Å². The summed E-state index contributed by atoms with van der Waals surface area (Å²) in [5.74, 6) is -0.685. The van der Waals surface area contributed by atoms with E-state index in [4.69, 9.17) is 10.8 Å². The zero-order chi connectivity index (χ0) is 12.4. The smallest absolute Gasteiger partial charge is 0.309 e. The molecule has 0 heterocycles. The second-order valence-corrected chi connectivity index (χ2v) is 5.20. The molecule has 0 aliphatic carbocycles. The molecule has 16 heavy (non-hydrogen) atoms. The molecule has 96 valence electrons. The molecule has 3 heteroatoms. The van der Waals surface area contributed by atoms with E-state index in [0.717, 1.165) is 32.2 Å². The van der Waals surface area contributed by atoms with Crippen LogP contribution in [0, 0.1) is 5.41 Å². The molecule has 0 aromatic carbocycles. The van der Waals surface area contributed by atoms with Gasteiger partial charge in [0.15, 0.2) is 0 Å². The Morgan fingerprint density at radius 2 is 1.44 bits per heavy atom. The normalized spacial score (nSPS) is 11.7. The largest absolute Gasteiger partial charge is 0.481 e. The van der Waals surface area contributed by atoms with Crippen LogP contribution in [0.1, 0.15) is 65.2 Å². The van der Waals surface area contributed by atoms with Crippen molar-refractivity contribution in [3.05, 3.63) is 0 Å². The molecule has 0 atom stereocenters. The molecule has 0 rings (SSSR count). The van der Waals surface area contributed by atoms with Crippen molar-refractivity contribution in [2.45, 2.75) is 65.2 Å². The van der Waals surface area contributed by atoms with Crippen molar-refractivity contribution >= 4 is 5.97 Å². The Kier molecular flexibility index (Phi) is 8.26. The van der Waals surface area contributed by atoms with Gasteiger partial charge in [0.1, 0.15) is 0 Å². The first kappa shape index (κ1) is 15.4. The first-order valence-corrected chi connectivity index (χ1v) is 6.44. The number of aliphatic carboxylic acids is 1. The number of hydrogen-bond acceptors (Lipinski definition) is 2. The van der Waals surface area contributed by atoms with Crippen molar-refractivity contribution in [1.29, 1.82) is 0 Å². The summed E-state index contributed by atoms with van der Waals surface area (Å²) in [5, 5.41) is 8.93. The van der Waals surface area contributed by atoms with Gasteiger partial charge in [0, 0.05) is 0 Å². The van der Waals surface area contributed by atoms with E-state index in [0.29, 0.717) is 0 Å². The summed E-state index contributed by atoms with van der Waals surface area (Å²) in [6.45, 7) is 4.40. The van der Waals surface area contributed by atoms with E-state index in [-0.39, 0.29) is 0 Å². The van der Waals surface area contributed by atoms with E-state index in [1.54, 1.807) is 13.8 Å². The second-order valence-electron chi connectivity index (χ2n) is 5.20. The van der Waals surface area contributed by atoms with Crippen LogP contribution in [-0.4, -0.2) is 17.6 Å². The number of nitrogens with two attached hydrogens (primary N) is 1. The molecule has 0 aromatic rings. The summed E-state index contributed by atoms with van der Waals surface area (Å²) in [6, 6.07) is 0. The monoisotopic (exact) mass is 229 g/mol. The van der Waals surface area contributed by atoms with Crippen molar-refractivity contribution in [3.8, 4) is 0 Å². The highest BCUT2D eigenvalue weighted by Gasteiger charge is 2.25. The minimum Gasteiger partial charge on any atom is -0.481 e. The molecule has 3 nitrogen and oxygen atoms in total. The van der Waals surface area contributed by atoms with Gasteiger partial charge in [-0.1, -0.05) is 38.5 Å². The van der Waals surface area contributed by atoms with Crippen molar-refractivity contribution < 1.29 is 9.90 Å². The van der Waals surface area contributed by atoms with Gasteiger partial charge >= 0.3 is 5.97 Å². The molecule has 0 spiro atoms. The lowest BCUT2D eigenvalue weighted by Crippen LogP contribution is -2.23. The van der Waals surface area contributed by atoms with Gasteiger partial charge in [-0.3, -0.25) is 4.79 Å². The summed E-state index contributed by atoms with van der Waals surface area (Å²) in [6.07, 6.45) is 9.07. The van der Waals surface area contributed by atoms with Gasteiger partial charge in [0.25, 0.3) is 0 Å². The van der Waals surface area contributed by atoms with Crippen LogP contribution in [0.4, 0.5) is 0 Å². The van der Waals surface area contributed by atoms with Crippen LogP contribution in [0.2, 0.25) is 0 Å². The first-order valence-electron chi connectivity index (χ1n) is 6.44. The minimum atomic E-state index is -0.685. The average molecular weight is 229 g/mol. The fourth-order valence-electron chi connectivity index (χ4n) is 1.70. The maximum Gasteiger partial charge on any atom is 0.309 e. The third-order valence-corrected chi connectivity index (χ3v) is 3.08. The summed E-state index contributed by atoms with van der Waals surface area (Å²) >= 11 is 0. The standard InChI is InChI=1S/C13H27NO2/c1-13(2,12(15)16)10-8-6-4-3-5-7-9-11-14/h3-11,14H2,1-2H3,(H,15,16). The summed E-state index contributed by atoms with van der Waals surface area (Å²) < 4.78 is 0. The lowest BCUT2D eigenvalue weighted by molar-refractivity contribution is -0.147. The molecule has 0 fully saturated rings. The first-order chi connectivity index (χ1) is 7.50. The van der Waals surface area contributed by atoms with Gasteiger partial charge in [-0.15, -0.1) is 0 Å². The van der Waals surface area contributed by atoms with Crippen LogP contribution in [0.5, 0.6) is 0 Å². The summed E-state index contributed by atoms with van der Waals surface area (Å²) in [4.78, 5) is 10.8. The van der Waals surface area contributed by atoms with Gasteiger partial charge in [0.2, 0.25) is 0 Å². The number of rotatable bonds is 10. The van der Waals surface area contributed by atoms with Crippen LogP contribution in [0.25, 0.3) is 0 Å². The molecule has 0 unspecified atom stereocenters. The number of unbranched alkanes of at least 4 members (excludes halogenated alkanes) is 6. The van der Waals surface area contributed by atoms with E-state index in [1.165, 1.54) is 25.7 Å². The molecule has 0 saturated heterocycles. The predicted molar refractivity (Wildman–Crippen MR) is 67.4 cm³/mol. The predicted octanol–water partition coefficient (Wildman–Crippen LogP) is 3.18. The molecule has 0 aliphatic rings. The number of carboxylic acid groups (broad SMARTS) is 1. The van der Waals surface area contributed by atoms with Crippen LogP contribution >= 0.6 is 0 Å². The molecule has 0 aliphatic heterocycles. The molecular weight excluding hydrogens is 202 g/mol. The number of hydrogen-bond donors (Lipinski definition) is 2. The van der Waals surface area contributed by atoms with E-state index in [9.17, 15) is 4.79 Å². The third-order valence-electron chi connectivity index (χ3n) is 3.08. The lowest BCUT2D eigenvalue weighted by atomic mass is 9.87. The molecule has 0 bridgehead atoms. The van der Waals surface area contributed by atoms with E-state index in [2.05, 4.69) is 0 Å². The summed E-state index contributed by atoms with van der Waals surface area (Å²) in [7, 11) is 0. The van der Waals surface area contributed by atoms with Crippen LogP contribution in [-0.2, 0) is 4.79 Å². The van der Waals surface area contributed by atoms with Gasteiger partial charge in [-0.25, -0.2) is 0 Å². The Hall–Kier alpha value is -0.570. The molecular formula is C13H27NO2. The number of carbonyl (C=O) groups is 1. The highest BCUT2D eigenvalue weighted by molar-refractivity contribution is 5.73. The number of carboxylic acids is 1. The Morgan fingerprint density at radius 3 is 1.88 bits per heavy atom. The van der Waals surface area contributed by atoms with Gasteiger partial charge in [-0.2, -0.15) is 0 Å². The molecule has 3 N–H and O–H groups in total. The SMILES string of the molecule is CC(C)(CCCCCCCCCN)C(=O)O. The Balaban J connectivity index is 3.30. The molecule has 0 saturated carbocycles. The zero-order valence-electron chi connectivity index (χ0n) is 10.8. The van der Waals surface area contributed by atoms with Gasteiger partial charge < -0.3 is 10.8 Å². The van der Waals surface area contributed by atoms with Crippen molar-refractivity contribution in [1.82, 2.24) is 0 Å².